The molecule has 1 nitrogen and oxygen atoms in total. The molecule has 2 aliphatic rings. The third-order valence-corrected chi connectivity index (χ3v) is 7.11. The molecule has 0 bridgehead atoms. The topological polar surface area (TPSA) is 9.23 Å². The van der Waals surface area contributed by atoms with Crippen molar-refractivity contribution in [1.82, 2.24) is 0 Å². The van der Waals surface area contributed by atoms with Gasteiger partial charge in [0.2, 0.25) is 0 Å². The molecule has 20 heavy (non-hydrogen) atoms. The van der Waals surface area contributed by atoms with Crippen molar-refractivity contribution in [2.45, 2.75) is 67.2 Å². The lowest BCUT2D eigenvalue weighted by Gasteiger charge is -2.41. The van der Waals surface area contributed by atoms with Crippen molar-refractivity contribution in [1.29, 1.82) is 0 Å². The van der Waals surface area contributed by atoms with Gasteiger partial charge in [-0.15, -0.1) is 0 Å². The van der Waals surface area contributed by atoms with Crippen LogP contribution in [0.25, 0.3) is 0 Å². The van der Waals surface area contributed by atoms with Crippen LogP contribution in [-0.2, 0) is 4.74 Å². The molecule has 5 unspecified atom stereocenters. The second kappa shape index (κ2) is 6.38. The Morgan fingerprint density at radius 3 is 2.25 bits per heavy atom. The molecule has 1 heterocycles. The molecule has 0 spiro atoms. The van der Waals surface area contributed by atoms with E-state index in [4.69, 9.17) is 4.74 Å². The van der Waals surface area contributed by atoms with Crippen molar-refractivity contribution in [3.8, 4) is 0 Å². The van der Waals surface area contributed by atoms with Crippen LogP contribution >= 0.6 is 0 Å². The maximum Gasteiger partial charge on any atom is 0.0468 e. The van der Waals surface area contributed by atoms with Crippen LogP contribution in [0.5, 0.6) is 0 Å². The lowest BCUT2D eigenvalue weighted by molar-refractivity contribution is 0.0178. The minimum Gasteiger partial charge on any atom is -0.381 e. The summed E-state index contributed by atoms with van der Waals surface area (Å²) in [5.41, 5.74) is 0.554. The van der Waals surface area contributed by atoms with Crippen LogP contribution in [0, 0.1) is 40.9 Å². The van der Waals surface area contributed by atoms with Crippen molar-refractivity contribution >= 4 is 0 Å². The molecule has 1 aliphatic heterocycles. The van der Waals surface area contributed by atoms with Crippen LogP contribution in [0.2, 0.25) is 0 Å². The fourth-order valence-corrected chi connectivity index (χ4v) is 5.66. The molecule has 0 aromatic rings. The van der Waals surface area contributed by atoms with E-state index >= 15 is 0 Å². The normalized spacial score (nSPS) is 41.2. The Hall–Kier alpha value is -0.0400. The average Bonchev–Trinajstić information content (AvgIpc) is 2.70. The molecule has 0 N–H and O–H groups in total. The van der Waals surface area contributed by atoms with E-state index in [1.165, 1.54) is 25.7 Å². The van der Waals surface area contributed by atoms with E-state index in [9.17, 15) is 0 Å². The first-order chi connectivity index (χ1) is 9.41. The standard InChI is InChI=1S/C19H36O/c1-7-17-18(14(4)12-19(17,6)13(2)3)15(5)16-8-10-20-11-9-16/h13-18H,7-12H2,1-6H3. The van der Waals surface area contributed by atoms with E-state index in [1.807, 2.05) is 0 Å². The van der Waals surface area contributed by atoms with Crippen molar-refractivity contribution < 1.29 is 4.74 Å². The van der Waals surface area contributed by atoms with E-state index in [2.05, 4.69) is 41.5 Å². The third kappa shape index (κ3) is 2.80. The van der Waals surface area contributed by atoms with Gasteiger partial charge in [0.05, 0.1) is 0 Å². The predicted molar refractivity (Wildman–Crippen MR) is 86.7 cm³/mol. The summed E-state index contributed by atoms with van der Waals surface area (Å²) in [6.07, 6.45) is 5.37. The largest absolute Gasteiger partial charge is 0.381 e. The molecule has 1 heteroatoms. The van der Waals surface area contributed by atoms with Gasteiger partial charge < -0.3 is 4.74 Å². The van der Waals surface area contributed by atoms with Crippen LogP contribution in [-0.4, -0.2) is 13.2 Å². The second-order valence-electron chi connectivity index (χ2n) is 8.24. The minimum absolute atomic E-state index is 0.554. The minimum atomic E-state index is 0.554. The van der Waals surface area contributed by atoms with E-state index < -0.39 is 0 Å². The Balaban J connectivity index is 2.16. The molecule has 2 fully saturated rings. The quantitative estimate of drug-likeness (QED) is 0.670. The van der Waals surface area contributed by atoms with E-state index in [0.717, 1.165) is 48.7 Å². The summed E-state index contributed by atoms with van der Waals surface area (Å²) in [4.78, 5) is 0. The summed E-state index contributed by atoms with van der Waals surface area (Å²) < 4.78 is 5.57. The maximum atomic E-state index is 5.57. The van der Waals surface area contributed by atoms with Gasteiger partial charge >= 0.3 is 0 Å². The third-order valence-electron chi connectivity index (χ3n) is 7.11. The van der Waals surface area contributed by atoms with Crippen LogP contribution in [0.1, 0.15) is 67.2 Å². The zero-order valence-electron chi connectivity index (χ0n) is 14.6. The smallest absolute Gasteiger partial charge is 0.0468 e. The molecule has 1 aliphatic carbocycles. The Labute approximate surface area is 126 Å². The summed E-state index contributed by atoms with van der Waals surface area (Å²) in [5.74, 6) is 5.32. The van der Waals surface area contributed by atoms with Gasteiger partial charge in [-0.05, 0) is 60.2 Å². The highest BCUT2D eigenvalue weighted by atomic mass is 16.5. The molecule has 2 rings (SSSR count). The van der Waals surface area contributed by atoms with Crippen LogP contribution < -0.4 is 0 Å². The van der Waals surface area contributed by atoms with Gasteiger partial charge in [-0.1, -0.05) is 48.0 Å². The zero-order chi connectivity index (χ0) is 14.9. The van der Waals surface area contributed by atoms with E-state index in [-0.39, 0.29) is 0 Å². The van der Waals surface area contributed by atoms with Crippen LogP contribution in [0.15, 0.2) is 0 Å². The first-order valence-electron chi connectivity index (χ1n) is 8.99. The van der Waals surface area contributed by atoms with Gasteiger partial charge in [-0.3, -0.25) is 0 Å². The predicted octanol–water partition coefficient (Wildman–Crippen LogP) is 5.39. The Kier molecular flexibility index (Phi) is 5.21. The highest BCUT2D eigenvalue weighted by Crippen LogP contribution is 2.58. The van der Waals surface area contributed by atoms with E-state index in [1.54, 1.807) is 0 Å². The molecule has 5 atom stereocenters. The van der Waals surface area contributed by atoms with Gasteiger partial charge in [-0.2, -0.15) is 0 Å². The van der Waals surface area contributed by atoms with Crippen molar-refractivity contribution in [2.75, 3.05) is 13.2 Å². The maximum absolute atomic E-state index is 5.57. The molecular formula is C19H36O. The average molecular weight is 280 g/mol. The molecule has 0 radical (unpaired) electrons. The molecule has 0 aromatic heterocycles. The second-order valence-corrected chi connectivity index (χ2v) is 8.24. The number of ether oxygens (including phenoxy) is 1. The van der Waals surface area contributed by atoms with Gasteiger partial charge in [-0.25, -0.2) is 0 Å². The van der Waals surface area contributed by atoms with Crippen molar-refractivity contribution in [3.63, 3.8) is 0 Å². The number of rotatable bonds is 4. The highest BCUT2D eigenvalue weighted by molar-refractivity contribution is 5.00. The molecule has 1 saturated carbocycles. The molecule has 0 amide bonds. The Morgan fingerprint density at radius 2 is 1.75 bits per heavy atom. The van der Waals surface area contributed by atoms with Crippen molar-refractivity contribution in [3.05, 3.63) is 0 Å². The highest BCUT2D eigenvalue weighted by Gasteiger charge is 2.51. The van der Waals surface area contributed by atoms with Crippen molar-refractivity contribution in [2.24, 2.45) is 40.9 Å². The lowest BCUT2D eigenvalue weighted by Crippen LogP contribution is -2.35. The first kappa shape index (κ1) is 16.3. The summed E-state index contributed by atoms with van der Waals surface area (Å²) in [7, 11) is 0. The Bertz CT molecular complexity index is 305. The SMILES string of the molecule is CCC1C(C(C)C2CCOCC2)C(C)CC1(C)C(C)C. The molecule has 0 aromatic carbocycles. The van der Waals surface area contributed by atoms with Crippen LogP contribution in [0.3, 0.4) is 0 Å². The van der Waals surface area contributed by atoms with Gasteiger partial charge in [0.25, 0.3) is 0 Å². The Morgan fingerprint density at radius 1 is 1.15 bits per heavy atom. The molecule has 118 valence electrons. The van der Waals surface area contributed by atoms with Gasteiger partial charge in [0, 0.05) is 13.2 Å². The molecular weight excluding hydrogens is 244 g/mol. The zero-order valence-corrected chi connectivity index (χ0v) is 14.6. The summed E-state index contributed by atoms with van der Waals surface area (Å²) >= 11 is 0. The first-order valence-corrected chi connectivity index (χ1v) is 8.99. The monoisotopic (exact) mass is 280 g/mol. The van der Waals surface area contributed by atoms with E-state index in [0.29, 0.717) is 5.41 Å². The fraction of sp³-hybridized carbons (Fsp3) is 1.00. The molecule has 1 saturated heterocycles. The number of hydrogen-bond acceptors (Lipinski definition) is 1. The lowest BCUT2D eigenvalue weighted by atomic mass is 9.64. The summed E-state index contributed by atoms with van der Waals surface area (Å²) in [6, 6.07) is 0. The summed E-state index contributed by atoms with van der Waals surface area (Å²) in [5, 5.41) is 0. The fourth-order valence-electron chi connectivity index (χ4n) is 5.66. The van der Waals surface area contributed by atoms with Crippen LogP contribution in [0.4, 0.5) is 0 Å². The van der Waals surface area contributed by atoms with Gasteiger partial charge in [0.1, 0.15) is 0 Å². The number of hydrogen-bond donors (Lipinski definition) is 0. The summed E-state index contributed by atoms with van der Waals surface area (Å²) in [6.45, 7) is 16.9. The van der Waals surface area contributed by atoms with Gasteiger partial charge in [0.15, 0.2) is 0 Å².